The summed E-state index contributed by atoms with van der Waals surface area (Å²) in [6, 6.07) is 7.44. The van der Waals surface area contributed by atoms with Crippen molar-refractivity contribution in [3.8, 4) is 0 Å². The van der Waals surface area contributed by atoms with Gasteiger partial charge in [0.05, 0.1) is 18.7 Å². The van der Waals surface area contributed by atoms with Gasteiger partial charge in [-0.2, -0.15) is 0 Å². The summed E-state index contributed by atoms with van der Waals surface area (Å²) >= 11 is 0. The first kappa shape index (κ1) is 9.73. The Morgan fingerprint density at radius 2 is 2.20 bits per heavy atom. The van der Waals surface area contributed by atoms with Crippen molar-refractivity contribution >= 4 is 22.6 Å². The molecule has 4 heteroatoms. The van der Waals surface area contributed by atoms with Crippen molar-refractivity contribution in [1.29, 1.82) is 0 Å². The standard InChI is InChI=1S/C11H11NO3/c13-6-5-11(14)12-9-7-15-10-4-2-1-3-8(9)10/h1-4,7,13H,5-6H2,(H,12,14). The molecule has 0 saturated heterocycles. The Kier molecular flexibility index (Phi) is 2.69. The van der Waals surface area contributed by atoms with Crippen LogP contribution in [0.3, 0.4) is 0 Å². The van der Waals surface area contributed by atoms with Crippen molar-refractivity contribution in [1.82, 2.24) is 0 Å². The number of amides is 1. The molecule has 2 N–H and O–H groups in total. The number of furan rings is 1. The SMILES string of the molecule is O=C(CCO)Nc1coc2ccccc12. The molecular formula is C11H11NO3. The number of rotatable bonds is 3. The van der Waals surface area contributed by atoms with Gasteiger partial charge in [-0.1, -0.05) is 12.1 Å². The molecule has 0 aliphatic rings. The predicted molar refractivity (Wildman–Crippen MR) is 56.5 cm³/mol. The first-order valence-electron chi connectivity index (χ1n) is 4.68. The number of aliphatic hydroxyl groups is 1. The zero-order valence-electron chi connectivity index (χ0n) is 8.06. The highest BCUT2D eigenvalue weighted by Crippen LogP contribution is 2.25. The molecule has 4 nitrogen and oxygen atoms in total. The van der Waals surface area contributed by atoms with Gasteiger partial charge >= 0.3 is 0 Å². The van der Waals surface area contributed by atoms with E-state index in [2.05, 4.69) is 5.32 Å². The number of hydrogen-bond acceptors (Lipinski definition) is 3. The molecule has 0 unspecified atom stereocenters. The van der Waals surface area contributed by atoms with Crippen LogP contribution < -0.4 is 5.32 Å². The Morgan fingerprint density at radius 1 is 1.40 bits per heavy atom. The maximum absolute atomic E-state index is 11.2. The number of carbonyl (C=O) groups excluding carboxylic acids is 1. The molecule has 15 heavy (non-hydrogen) atoms. The number of anilines is 1. The number of hydrogen-bond donors (Lipinski definition) is 2. The third kappa shape index (κ3) is 1.99. The van der Waals surface area contributed by atoms with Gasteiger partial charge < -0.3 is 14.8 Å². The first-order chi connectivity index (χ1) is 7.31. The Morgan fingerprint density at radius 3 is 3.00 bits per heavy atom. The smallest absolute Gasteiger partial charge is 0.226 e. The van der Waals surface area contributed by atoms with Crippen LogP contribution in [0.2, 0.25) is 0 Å². The summed E-state index contributed by atoms with van der Waals surface area (Å²) in [7, 11) is 0. The van der Waals surface area contributed by atoms with Gasteiger partial charge in [0.2, 0.25) is 5.91 Å². The lowest BCUT2D eigenvalue weighted by Gasteiger charge is -2.00. The molecular weight excluding hydrogens is 194 g/mol. The number of carbonyl (C=O) groups is 1. The second-order valence-corrected chi connectivity index (χ2v) is 3.17. The monoisotopic (exact) mass is 205 g/mol. The second-order valence-electron chi connectivity index (χ2n) is 3.17. The molecule has 0 bridgehead atoms. The average Bonchev–Trinajstić information content (AvgIpc) is 2.62. The van der Waals surface area contributed by atoms with Gasteiger partial charge in [0, 0.05) is 5.39 Å². The van der Waals surface area contributed by atoms with E-state index < -0.39 is 0 Å². The molecule has 1 aromatic heterocycles. The van der Waals surface area contributed by atoms with Crippen LogP contribution in [-0.2, 0) is 4.79 Å². The summed E-state index contributed by atoms with van der Waals surface area (Å²) < 4.78 is 5.25. The normalized spacial score (nSPS) is 10.5. The molecule has 0 radical (unpaired) electrons. The van der Waals surface area contributed by atoms with Crippen LogP contribution in [0.5, 0.6) is 0 Å². The van der Waals surface area contributed by atoms with Gasteiger partial charge in [-0.05, 0) is 12.1 Å². The number of nitrogens with one attached hydrogen (secondary N) is 1. The zero-order chi connectivity index (χ0) is 10.7. The highest BCUT2D eigenvalue weighted by molar-refractivity contribution is 6.00. The lowest BCUT2D eigenvalue weighted by Crippen LogP contribution is -2.12. The van der Waals surface area contributed by atoms with E-state index in [0.717, 1.165) is 11.0 Å². The maximum Gasteiger partial charge on any atom is 0.226 e. The van der Waals surface area contributed by atoms with E-state index in [1.807, 2.05) is 24.3 Å². The molecule has 0 saturated carbocycles. The Balaban J connectivity index is 2.25. The Bertz CT molecular complexity index is 475. The Labute approximate surface area is 86.5 Å². The average molecular weight is 205 g/mol. The van der Waals surface area contributed by atoms with Crippen LogP contribution in [0, 0.1) is 0 Å². The molecule has 1 aromatic carbocycles. The fourth-order valence-corrected chi connectivity index (χ4v) is 1.39. The quantitative estimate of drug-likeness (QED) is 0.802. The van der Waals surface area contributed by atoms with Gasteiger partial charge in [0.1, 0.15) is 11.8 Å². The van der Waals surface area contributed by atoms with Crippen LogP contribution in [0.25, 0.3) is 11.0 Å². The highest BCUT2D eigenvalue weighted by atomic mass is 16.3. The maximum atomic E-state index is 11.2. The molecule has 0 fully saturated rings. The van der Waals surface area contributed by atoms with E-state index in [9.17, 15) is 4.79 Å². The molecule has 0 atom stereocenters. The van der Waals surface area contributed by atoms with Crippen molar-refractivity contribution in [2.45, 2.75) is 6.42 Å². The summed E-state index contributed by atoms with van der Waals surface area (Å²) in [5.74, 6) is -0.218. The van der Waals surface area contributed by atoms with E-state index in [-0.39, 0.29) is 18.9 Å². The van der Waals surface area contributed by atoms with Crippen molar-refractivity contribution in [3.05, 3.63) is 30.5 Å². The lowest BCUT2D eigenvalue weighted by atomic mass is 10.2. The van der Waals surface area contributed by atoms with Gasteiger partial charge in [-0.25, -0.2) is 0 Å². The van der Waals surface area contributed by atoms with Crippen LogP contribution in [0.1, 0.15) is 6.42 Å². The van der Waals surface area contributed by atoms with Gasteiger partial charge in [-0.3, -0.25) is 4.79 Å². The van der Waals surface area contributed by atoms with E-state index in [1.54, 1.807) is 0 Å². The van der Waals surface area contributed by atoms with Crippen LogP contribution >= 0.6 is 0 Å². The molecule has 78 valence electrons. The largest absolute Gasteiger partial charge is 0.462 e. The summed E-state index contributed by atoms with van der Waals surface area (Å²) in [6.07, 6.45) is 1.60. The van der Waals surface area contributed by atoms with Gasteiger partial charge in [0.25, 0.3) is 0 Å². The third-order valence-corrected chi connectivity index (χ3v) is 2.09. The highest BCUT2D eigenvalue weighted by Gasteiger charge is 2.07. The van der Waals surface area contributed by atoms with Crippen molar-refractivity contribution in [2.75, 3.05) is 11.9 Å². The molecule has 0 aliphatic carbocycles. The molecule has 2 aromatic rings. The van der Waals surface area contributed by atoms with E-state index in [1.165, 1.54) is 6.26 Å². The number of benzene rings is 1. The van der Waals surface area contributed by atoms with Gasteiger partial charge in [0.15, 0.2) is 0 Å². The van der Waals surface area contributed by atoms with Gasteiger partial charge in [-0.15, -0.1) is 0 Å². The van der Waals surface area contributed by atoms with Crippen LogP contribution in [0.15, 0.2) is 34.9 Å². The summed E-state index contributed by atoms with van der Waals surface area (Å²) in [4.78, 5) is 11.2. The second kappa shape index (κ2) is 4.14. The van der Waals surface area contributed by atoms with Crippen LogP contribution in [-0.4, -0.2) is 17.6 Å². The molecule has 1 heterocycles. The molecule has 0 spiro atoms. The lowest BCUT2D eigenvalue weighted by molar-refractivity contribution is -0.116. The zero-order valence-corrected chi connectivity index (χ0v) is 8.06. The fraction of sp³-hybridized carbons (Fsp3) is 0.182. The third-order valence-electron chi connectivity index (χ3n) is 2.09. The number of aliphatic hydroxyl groups excluding tert-OH is 1. The van der Waals surface area contributed by atoms with Crippen molar-refractivity contribution in [2.24, 2.45) is 0 Å². The van der Waals surface area contributed by atoms with Crippen molar-refractivity contribution < 1.29 is 14.3 Å². The predicted octanol–water partition coefficient (Wildman–Crippen LogP) is 1.75. The minimum absolute atomic E-state index is 0.0967. The van der Waals surface area contributed by atoms with E-state index in [4.69, 9.17) is 9.52 Å². The van der Waals surface area contributed by atoms with E-state index >= 15 is 0 Å². The molecule has 1 amide bonds. The summed E-state index contributed by atoms with van der Waals surface area (Å²) in [5, 5.41) is 12.1. The topological polar surface area (TPSA) is 62.5 Å². The minimum Gasteiger partial charge on any atom is -0.462 e. The summed E-state index contributed by atoms with van der Waals surface area (Å²) in [5.41, 5.74) is 1.38. The fourth-order valence-electron chi connectivity index (χ4n) is 1.39. The number of fused-ring (bicyclic) bond motifs is 1. The Hall–Kier alpha value is -1.81. The van der Waals surface area contributed by atoms with Crippen molar-refractivity contribution in [3.63, 3.8) is 0 Å². The molecule has 2 rings (SSSR count). The molecule has 0 aliphatic heterocycles. The van der Waals surface area contributed by atoms with E-state index in [0.29, 0.717) is 5.69 Å². The summed E-state index contributed by atoms with van der Waals surface area (Å²) in [6.45, 7) is -0.151. The minimum atomic E-state index is -0.218. The van der Waals surface area contributed by atoms with Crippen LogP contribution in [0.4, 0.5) is 5.69 Å². The first-order valence-corrected chi connectivity index (χ1v) is 4.68. The number of para-hydroxylation sites is 1.